The van der Waals surface area contributed by atoms with Gasteiger partial charge in [-0.1, -0.05) is 44.2 Å². The Kier molecular flexibility index (Phi) is 7.19. The van der Waals surface area contributed by atoms with Crippen LogP contribution in [0.2, 0.25) is 0 Å². The second-order valence-corrected chi connectivity index (χ2v) is 9.10. The second-order valence-electron chi connectivity index (χ2n) is 7.16. The Bertz CT molecular complexity index is 1120. The molecule has 31 heavy (non-hydrogen) atoms. The first kappa shape index (κ1) is 22.6. The van der Waals surface area contributed by atoms with Crippen LogP contribution in [0.1, 0.15) is 40.9 Å². The maximum absolute atomic E-state index is 12.8. The lowest BCUT2D eigenvalue weighted by molar-refractivity contribution is 0.0950. The van der Waals surface area contributed by atoms with Crippen LogP contribution < -0.4 is 5.32 Å². The number of nitrogens with zero attached hydrogens (tertiary/aromatic N) is 4. The Hall–Kier alpha value is -3.04. The van der Waals surface area contributed by atoms with E-state index in [1.165, 1.54) is 16.7 Å². The minimum atomic E-state index is -3.63. The molecule has 1 N–H and O–H groups in total. The van der Waals surface area contributed by atoms with Gasteiger partial charge in [-0.2, -0.15) is 9.40 Å². The van der Waals surface area contributed by atoms with Crippen molar-refractivity contribution in [3.8, 4) is 0 Å². The van der Waals surface area contributed by atoms with Crippen molar-refractivity contribution in [3.05, 3.63) is 77.4 Å². The molecule has 164 valence electrons. The fraction of sp³-hybridized carbons (Fsp3) is 0.318. The third-order valence-corrected chi connectivity index (χ3v) is 7.13. The number of sulfonamides is 1. The molecule has 0 aliphatic heterocycles. The maximum Gasteiger partial charge on any atom is 0.251 e. The van der Waals surface area contributed by atoms with Crippen LogP contribution in [0.4, 0.5) is 0 Å². The van der Waals surface area contributed by atoms with Gasteiger partial charge in [0.25, 0.3) is 5.91 Å². The van der Waals surface area contributed by atoms with Gasteiger partial charge in [0.2, 0.25) is 10.0 Å². The molecule has 2 aromatic carbocycles. The van der Waals surface area contributed by atoms with Crippen molar-refractivity contribution in [1.82, 2.24) is 24.4 Å². The monoisotopic (exact) mass is 441 g/mol. The molecule has 0 bridgehead atoms. The summed E-state index contributed by atoms with van der Waals surface area (Å²) in [4.78, 5) is 16.8. The topological polar surface area (TPSA) is 97.2 Å². The molecule has 0 saturated carbocycles. The zero-order valence-corrected chi connectivity index (χ0v) is 18.8. The molecule has 0 radical (unpaired) electrons. The smallest absolute Gasteiger partial charge is 0.251 e. The van der Waals surface area contributed by atoms with Gasteiger partial charge in [-0.05, 0) is 35.7 Å². The molecule has 1 heterocycles. The second kappa shape index (κ2) is 9.84. The van der Waals surface area contributed by atoms with Gasteiger partial charge < -0.3 is 5.32 Å². The molecule has 1 aromatic heterocycles. The van der Waals surface area contributed by atoms with Crippen molar-refractivity contribution in [2.45, 2.75) is 38.8 Å². The van der Waals surface area contributed by atoms with E-state index < -0.39 is 10.0 Å². The molecular weight excluding hydrogens is 414 g/mol. The summed E-state index contributed by atoms with van der Waals surface area (Å²) in [6.07, 6.45) is 3.15. The van der Waals surface area contributed by atoms with Gasteiger partial charge in [0, 0.05) is 25.2 Å². The molecule has 0 atom stereocenters. The van der Waals surface area contributed by atoms with Crippen LogP contribution in [0.15, 0.2) is 60.0 Å². The molecule has 0 aliphatic carbocycles. The lowest BCUT2D eigenvalue weighted by Gasteiger charge is -2.19. The molecule has 9 heteroatoms. The van der Waals surface area contributed by atoms with E-state index in [2.05, 4.69) is 15.4 Å². The quantitative estimate of drug-likeness (QED) is 0.551. The van der Waals surface area contributed by atoms with Gasteiger partial charge in [0.1, 0.15) is 12.7 Å². The van der Waals surface area contributed by atoms with Crippen molar-refractivity contribution >= 4 is 15.9 Å². The van der Waals surface area contributed by atoms with E-state index in [1.807, 2.05) is 24.3 Å². The van der Waals surface area contributed by atoms with Crippen LogP contribution in [-0.4, -0.2) is 46.5 Å². The SMILES string of the molecule is CCN(CC)S(=O)(=O)c1ccc(C)c(C(=O)NCc2ccc(Cn3cncn3)cc2)c1. The Morgan fingerprint density at radius 1 is 1.06 bits per heavy atom. The highest BCUT2D eigenvalue weighted by molar-refractivity contribution is 7.89. The van der Waals surface area contributed by atoms with Gasteiger partial charge in [0.15, 0.2) is 0 Å². The summed E-state index contributed by atoms with van der Waals surface area (Å²) in [5, 5.41) is 6.97. The summed E-state index contributed by atoms with van der Waals surface area (Å²) in [6, 6.07) is 12.5. The molecule has 0 saturated heterocycles. The largest absolute Gasteiger partial charge is 0.348 e. The summed E-state index contributed by atoms with van der Waals surface area (Å²) >= 11 is 0. The zero-order valence-electron chi connectivity index (χ0n) is 17.9. The highest BCUT2D eigenvalue weighted by Crippen LogP contribution is 2.20. The number of benzene rings is 2. The number of carbonyl (C=O) groups is 1. The van der Waals surface area contributed by atoms with Crippen LogP contribution in [-0.2, 0) is 23.1 Å². The van der Waals surface area contributed by atoms with Crippen LogP contribution in [0.5, 0.6) is 0 Å². The van der Waals surface area contributed by atoms with E-state index in [1.54, 1.807) is 43.9 Å². The van der Waals surface area contributed by atoms with E-state index in [4.69, 9.17) is 0 Å². The first-order valence-corrected chi connectivity index (χ1v) is 11.6. The van der Waals surface area contributed by atoms with E-state index in [-0.39, 0.29) is 10.8 Å². The minimum absolute atomic E-state index is 0.129. The predicted molar refractivity (Wildman–Crippen MR) is 118 cm³/mol. The number of carbonyl (C=O) groups excluding carboxylic acids is 1. The van der Waals surface area contributed by atoms with Crippen LogP contribution in [0.25, 0.3) is 0 Å². The summed E-state index contributed by atoms with van der Waals surface area (Å²) in [5.74, 6) is -0.305. The van der Waals surface area contributed by atoms with Crippen LogP contribution in [0, 0.1) is 6.92 Å². The normalized spacial score (nSPS) is 11.6. The van der Waals surface area contributed by atoms with Gasteiger partial charge in [-0.3, -0.25) is 4.79 Å². The summed E-state index contributed by atoms with van der Waals surface area (Å²) in [6.45, 7) is 7.10. The van der Waals surface area contributed by atoms with Gasteiger partial charge in [0.05, 0.1) is 11.4 Å². The number of aromatic nitrogens is 3. The third-order valence-electron chi connectivity index (χ3n) is 5.08. The Balaban J connectivity index is 1.69. The molecule has 0 fully saturated rings. The number of aryl methyl sites for hydroxylation is 1. The highest BCUT2D eigenvalue weighted by Gasteiger charge is 2.23. The van der Waals surface area contributed by atoms with E-state index in [0.717, 1.165) is 16.7 Å². The molecule has 3 aromatic rings. The molecule has 0 unspecified atom stereocenters. The molecular formula is C22H27N5O3S. The average molecular weight is 442 g/mol. The Morgan fingerprint density at radius 2 is 1.74 bits per heavy atom. The van der Waals surface area contributed by atoms with Gasteiger partial charge in [-0.15, -0.1) is 0 Å². The summed E-state index contributed by atoms with van der Waals surface area (Å²) < 4.78 is 28.7. The van der Waals surface area contributed by atoms with Crippen LogP contribution in [0.3, 0.4) is 0 Å². The first-order valence-electron chi connectivity index (χ1n) is 10.1. The number of nitrogens with one attached hydrogen (secondary N) is 1. The number of amides is 1. The van der Waals surface area contributed by atoms with Crippen LogP contribution >= 0.6 is 0 Å². The van der Waals surface area contributed by atoms with Crippen molar-refractivity contribution in [2.75, 3.05) is 13.1 Å². The Morgan fingerprint density at radius 3 is 2.35 bits per heavy atom. The van der Waals surface area contributed by atoms with Crippen molar-refractivity contribution in [3.63, 3.8) is 0 Å². The predicted octanol–water partition coefficient (Wildman–Crippen LogP) is 2.60. The molecule has 3 rings (SSSR count). The number of rotatable bonds is 9. The zero-order chi connectivity index (χ0) is 22.4. The number of hydrogen-bond donors (Lipinski definition) is 1. The van der Waals surface area contributed by atoms with Gasteiger partial charge in [-0.25, -0.2) is 18.1 Å². The minimum Gasteiger partial charge on any atom is -0.348 e. The maximum atomic E-state index is 12.8. The van der Waals surface area contributed by atoms with Crippen molar-refractivity contribution in [2.24, 2.45) is 0 Å². The highest BCUT2D eigenvalue weighted by atomic mass is 32.2. The lowest BCUT2D eigenvalue weighted by atomic mass is 10.1. The standard InChI is InChI=1S/C22H27N5O3S/c1-4-27(5-2)31(29,30)20-11-6-17(3)21(12-20)22(28)24-13-18-7-9-19(10-8-18)14-26-16-23-15-25-26/h6-12,15-16H,4-5,13-14H2,1-3H3,(H,24,28). The van der Waals surface area contributed by atoms with E-state index in [0.29, 0.717) is 31.7 Å². The van der Waals surface area contributed by atoms with Crippen molar-refractivity contribution in [1.29, 1.82) is 0 Å². The number of hydrogen-bond acceptors (Lipinski definition) is 5. The third kappa shape index (κ3) is 5.36. The molecule has 8 nitrogen and oxygen atoms in total. The first-order chi connectivity index (χ1) is 14.8. The van der Waals surface area contributed by atoms with Gasteiger partial charge >= 0.3 is 0 Å². The molecule has 0 aliphatic rings. The van der Waals surface area contributed by atoms with E-state index in [9.17, 15) is 13.2 Å². The Labute approximate surface area is 183 Å². The fourth-order valence-corrected chi connectivity index (χ4v) is 4.75. The van der Waals surface area contributed by atoms with Crippen molar-refractivity contribution < 1.29 is 13.2 Å². The summed E-state index contributed by atoms with van der Waals surface area (Å²) in [7, 11) is -3.63. The molecule has 1 amide bonds. The average Bonchev–Trinajstić information content (AvgIpc) is 3.27. The summed E-state index contributed by atoms with van der Waals surface area (Å²) in [5.41, 5.74) is 3.10. The lowest BCUT2D eigenvalue weighted by Crippen LogP contribution is -2.31. The fourth-order valence-electron chi connectivity index (χ4n) is 3.26. The molecule has 0 spiro atoms. The van der Waals surface area contributed by atoms with E-state index >= 15 is 0 Å².